The van der Waals surface area contributed by atoms with Crippen LogP contribution >= 0.6 is 0 Å². The quantitative estimate of drug-likeness (QED) is 0.733. The van der Waals surface area contributed by atoms with Crippen LogP contribution in [0.2, 0.25) is 0 Å². The molecule has 5 heteroatoms. The van der Waals surface area contributed by atoms with Gasteiger partial charge in [0.05, 0.1) is 5.92 Å². The molecule has 0 aromatic rings. The van der Waals surface area contributed by atoms with Crippen molar-refractivity contribution in [3.63, 3.8) is 0 Å². The second kappa shape index (κ2) is 5.58. The van der Waals surface area contributed by atoms with E-state index in [9.17, 15) is 9.59 Å². The lowest BCUT2D eigenvalue weighted by Gasteiger charge is -2.22. The highest BCUT2D eigenvalue weighted by Gasteiger charge is 2.24. The molecule has 1 rings (SSSR count). The van der Waals surface area contributed by atoms with Crippen molar-refractivity contribution in [2.24, 2.45) is 5.92 Å². The largest absolute Gasteiger partial charge is 0.465 e. The van der Waals surface area contributed by atoms with Gasteiger partial charge in [-0.15, -0.1) is 0 Å². The maximum absolute atomic E-state index is 11.6. The molecule has 0 saturated carbocycles. The lowest BCUT2D eigenvalue weighted by atomic mass is 10.0. The van der Waals surface area contributed by atoms with Crippen molar-refractivity contribution in [2.45, 2.75) is 26.2 Å². The molecular formula is C10H18N2O3. The lowest BCUT2D eigenvalue weighted by molar-refractivity contribution is -0.125. The zero-order valence-corrected chi connectivity index (χ0v) is 9.03. The first-order valence-electron chi connectivity index (χ1n) is 5.40. The first-order chi connectivity index (χ1) is 7.15. The molecular weight excluding hydrogens is 196 g/mol. The molecule has 1 heterocycles. The van der Waals surface area contributed by atoms with E-state index in [4.69, 9.17) is 5.11 Å². The number of hydrogen-bond donors (Lipinski definition) is 2. The van der Waals surface area contributed by atoms with Crippen LogP contribution in [0.5, 0.6) is 0 Å². The molecule has 0 spiro atoms. The Labute approximate surface area is 89.4 Å². The van der Waals surface area contributed by atoms with Crippen LogP contribution in [0, 0.1) is 5.92 Å². The second-order valence-corrected chi connectivity index (χ2v) is 3.80. The topological polar surface area (TPSA) is 69.6 Å². The highest BCUT2D eigenvalue weighted by molar-refractivity contribution is 5.79. The van der Waals surface area contributed by atoms with Crippen LogP contribution in [0.15, 0.2) is 0 Å². The summed E-state index contributed by atoms with van der Waals surface area (Å²) < 4.78 is 0. The van der Waals surface area contributed by atoms with Crippen LogP contribution in [0.1, 0.15) is 26.2 Å². The average molecular weight is 214 g/mol. The van der Waals surface area contributed by atoms with Gasteiger partial charge in [-0.3, -0.25) is 4.79 Å². The molecule has 0 radical (unpaired) electrons. The maximum atomic E-state index is 11.6. The minimum Gasteiger partial charge on any atom is -0.465 e. The van der Waals surface area contributed by atoms with Crippen molar-refractivity contribution < 1.29 is 14.7 Å². The molecule has 1 aliphatic heterocycles. The zero-order chi connectivity index (χ0) is 11.3. The molecule has 2 amide bonds. The van der Waals surface area contributed by atoms with Gasteiger partial charge in [0.25, 0.3) is 0 Å². The Hall–Kier alpha value is -1.26. The SMILES string of the molecule is CCN(CC1CCCCNC1=O)C(=O)O. The first kappa shape index (κ1) is 11.8. The fourth-order valence-electron chi connectivity index (χ4n) is 1.79. The number of hydrogen-bond acceptors (Lipinski definition) is 2. The molecule has 2 N–H and O–H groups in total. The molecule has 0 bridgehead atoms. The summed E-state index contributed by atoms with van der Waals surface area (Å²) in [6.07, 6.45) is 1.81. The maximum Gasteiger partial charge on any atom is 0.407 e. The van der Waals surface area contributed by atoms with Gasteiger partial charge in [-0.1, -0.05) is 6.42 Å². The summed E-state index contributed by atoms with van der Waals surface area (Å²) in [7, 11) is 0. The molecule has 86 valence electrons. The van der Waals surface area contributed by atoms with Crippen molar-refractivity contribution in [1.82, 2.24) is 10.2 Å². The van der Waals surface area contributed by atoms with E-state index in [2.05, 4.69) is 5.32 Å². The smallest absolute Gasteiger partial charge is 0.407 e. The van der Waals surface area contributed by atoms with Gasteiger partial charge in [0.15, 0.2) is 0 Å². The van der Waals surface area contributed by atoms with Gasteiger partial charge in [-0.2, -0.15) is 0 Å². The van der Waals surface area contributed by atoms with E-state index in [1.807, 2.05) is 0 Å². The normalized spacial score (nSPS) is 21.7. The van der Waals surface area contributed by atoms with Crippen molar-refractivity contribution in [2.75, 3.05) is 19.6 Å². The van der Waals surface area contributed by atoms with Crippen molar-refractivity contribution in [3.05, 3.63) is 0 Å². The average Bonchev–Trinajstić information content (AvgIpc) is 2.39. The van der Waals surface area contributed by atoms with Crippen molar-refractivity contribution >= 4 is 12.0 Å². The third-order valence-corrected chi connectivity index (χ3v) is 2.74. The second-order valence-electron chi connectivity index (χ2n) is 3.80. The summed E-state index contributed by atoms with van der Waals surface area (Å²) in [5, 5.41) is 11.7. The Morgan fingerprint density at radius 3 is 2.93 bits per heavy atom. The number of nitrogens with one attached hydrogen (secondary N) is 1. The van der Waals surface area contributed by atoms with Crippen molar-refractivity contribution in [3.8, 4) is 0 Å². The van der Waals surface area contributed by atoms with Gasteiger partial charge in [0.2, 0.25) is 5.91 Å². The number of amides is 2. The van der Waals surface area contributed by atoms with Crippen LogP contribution in [0.4, 0.5) is 4.79 Å². The fourth-order valence-corrected chi connectivity index (χ4v) is 1.79. The Morgan fingerprint density at radius 1 is 1.60 bits per heavy atom. The first-order valence-corrected chi connectivity index (χ1v) is 5.40. The Balaban J connectivity index is 2.53. The van der Waals surface area contributed by atoms with Crippen LogP contribution in [-0.2, 0) is 4.79 Å². The van der Waals surface area contributed by atoms with E-state index >= 15 is 0 Å². The van der Waals surface area contributed by atoms with Gasteiger partial charge in [-0.25, -0.2) is 4.79 Å². The van der Waals surface area contributed by atoms with Gasteiger partial charge in [0, 0.05) is 19.6 Å². The lowest BCUT2D eigenvalue weighted by Crippen LogP contribution is -2.40. The van der Waals surface area contributed by atoms with Crippen LogP contribution in [0.25, 0.3) is 0 Å². The number of carboxylic acid groups (broad SMARTS) is 1. The third-order valence-electron chi connectivity index (χ3n) is 2.74. The Bertz CT molecular complexity index is 243. The fraction of sp³-hybridized carbons (Fsp3) is 0.800. The van der Waals surface area contributed by atoms with E-state index in [0.717, 1.165) is 19.3 Å². The number of nitrogens with zero attached hydrogens (tertiary/aromatic N) is 1. The minimum absolute atomic E-state index is 0.00722. The number of rotatable bonds is 3. The molecule has 0 aromatic heterocycles. The molecule has 0 aromatic carbocycles. The molecule has 1 saturated heterocycles. The van der Waals surface area contributed by atoms with E-state index in [0.29, 0.717) is 19.6 Å². The summed E-state index contributed by atoms with van der Waals surface area (Å²) in [5.74, 6) is -0.184. The van der Waals surface area contributed by atoms with Gasteiger partial charge >= 0.3 is 6.09 Å². The molecule has 15 heavy (non-hydrogen) atoms. The summed E-state index contributed by atoms with van der Waals surface area (Å²) >= 11 is 0. The van der Waals surface area contributed by atoms with Gasteiger partial charge < -0.3 is 15.3 Å². The highest BCUT2D eigenvalue weighted by atomic mass is 16.4. The summed E-state index contributed by atoms with van der Waals surface area (Å²) in [6.45, 7) is 3.24. The molecule has 1 fully saturated rings. The number of carbonyl (C=O) groups excluding carboxylic acids is 1. The monoisotopic (exact) mass is 214 g/mol. The predicted molar refractivity (Wildman–Crippen MR) is 55.6 cm³/mol. The number of carbonyl (C=O) groups is 2. The third kappa shape index (κ3) is 3.42. The molecule has 0 aliphatic carbocycles. The molecule has 1 atom stereocenters. The summed E-state index contributed by atoms with van der Waals surface area (Å²) in [5.41, 5.74) is 0. The molecule has 1 aliphatic rings. The molecule has 5 nitrogen and oxygen atoms in total. The molecule has 1 unspecified atom stereocenters. The standard InChI is InChI=1S/C10H18N2O3/c1-2-12(10(14)15)7-8-5-3-4-6-11-9(8)13/h8H,2-7H2,1H3,(H,11,13)(H,14,15). The Kier molecular flexibility index (Phi) is 4.39. The van der Waals surface area contributed by atoms with E-state index in [1.165, 1.54) is 4.90 Å². The minimum atomic E-state index is -0.949. The predicted octanol–water partition coefficient (Wildman–Crippen LogP) is 0.903. The summed E-state index contributed by atoms with van der Waals surface area (Å²) in [4.78, 5) is 23.6. The van der Waals surface area contributed by atoms with E-state index < -0.39 is 6.09 Å². The van der Waals surface area contributed by atoms with E-state index in [-0.39, 0.29) is 11.8 Å². The van der Waals surface area contributed by atoms with Crippen LogP contribution < -0.4 is 5.32 Å². The Morgan fingerprint density at radius 2 is 2.33 bits per heavy atom. The summed E-state index contributed by atoms with van der Waals surface area (Å²) in [6, 6.07) is 0. The van der Waals surface area contributed by atoms with E-state index in [1.54, 1.807) is 6.92 Å². The van der Waals surface area contributed by atoms with Gasteiger partial charge in [0.1, 0.15) is 0 Å². The van der Waals surface area contributed by atoms with Gasteiger partial charge in [-0.05, 0) is 19.8 Å². The van der Waals surface area contributed by atoms with Crippen molar-refractivity contribution in [1.29, 1.82) is 0 Å². The van der Waals surface area contributed by atoms with Crippen LogP contribution in [-0.4, -0.2) is 41.6 Å². The highest BCUT2D eigenvalue weighted by Crippen LogP contribution is 2.14. The van der Waals surface area contributed by atoms with Crippen LogP contribution in [0.3, 0.4) is 0 Å². The zero-order valence-electron chi connectivity index (χ0n) is 9.03.